The number of benzene rings is 2. The lowest BCUT2D eigenvalue weighted by Gasteiger charge is -2.42. The molecule has 3 aromatic rings. The summed E-state index contributed by atoms with van der Waals surface area (Å²) < 4.78 is 193. The smallest absolute Gasteiger partial charge is 0.201 e. The summed E-state index contributed by atoms with van der Waals surface area (Å²) in [7, 11) is 1.69. The Kier molecular flexibility index (Phi) is 2.06. The van der Waals surface area contributed by atoms with Gasteiger partial charge in [0.15, 0.2) is 6.20 Å². The molecule has 1 aromatic heterocycles. The van der Waals surface area contributed by atoms with Crippen molar-refractivity contribution in [1.82, 2.24) is 0 Å². The van der Waals surface area contributed by atoms with Crippen LogP contribution in [0.4, 0.5) is 0 Å². The molecule has 1 heteroatoms. The van der Waals surface area contributed by atoms with Gasteiger partial charge in [0.1, 0.15) is 7.05 Å². The van der Waals surface area contributed by atoms with Crippen molar-refractivity contribution in [1.29, 1.82) is 0 Å². The number of nitrogens with zero attached hydrogens (tertiary/aromatic N) is 1. The Hall–Kier alpha value is -2.41. The van der Waals surface area contributed by atoms with Gasteiger partial charge in [0.05, 0.1) is 4.11 Å². The maximum atomic E-state index is 9.55. The molecule has 0 unspecified atom stereocenters. The number of hydrogen-bond acceptors (Lipinski definition) is 0. The van der Waals surface area contributed by atoms with E-state index in [1.807, 2.05) is 26.8 Å². The fourth-order valence-corrected chi connectivity index (χ4v) is 3.91. The van der Waals surface area contributed by atoms with Crippen LogP contribution < -0.4 is 4.57 Å². The van der Waals surface area contributed by atoms with Gasteiger partial charge >= 0.3 is 0 Å². The average molecular weight is 463 g/mol. The molecule has 1 nitrogen and oxygen atoms in total. The van der Waals surface area contributed by atoms with Crippen LogP contribution >= 0.6 is 0 Å². The van der Waals surface area contributed by atoms with Gasteiger partial charge in [0.25, 0.3) is 0 Å². The van der Waals surface area contributed by atoms with Gasteiger partial charge in [0, 0.05) is 43.7 Å². The van der Waals surface area contributed by atoms with E-state index in [1.165, 1.54) is 12.1 Å². The fraction of sp³-hybridized carbons (Fsp3) is 0.469. The number of rotatable bonds is 2. The van der Waals surface area contributed by atoms with Gasteiger partial charge < -0.3 is 0 Å². The predicted molar refractivity (Wildman–Crippen MR) is 142 cm³/mol. The number of aryl methyl sites for hydroxylation is 3. The molecule has 2 aromatic carbocycles. The van der Waals surface area contributed by atoms with Gasteiger partial charge in [-0.15, -0.1) is 0 Å². The van der Waals surface area contributed by atoms with Gasteiger partial charge in [-0.25, -0.2) is 4.57 Å². The van der Waals surface area contributed by atoms with E-state index in [9.17, 15) is 4.11 Å². The lowest BCUT2D eigenvalue weighted by molar-refractivity contribution is -0.660. The first kappa shape index (κ1) is 8.67. The van der Waals surface area contributed by atoms with Crippen LogP contribution in [-0.4, -0.2) is 0 Å². The summed E-state index contributed by atoms with van der Waals surface area (Å²) in [5, 5.41) is 0. The highest BCUT2D eigenvalue weighted by Gasteiger charge is 2.37. The van der Waals surface area contributed by atoms with Crippen molar-refractivity contribution in [3.05, 3.63) is 76.4 Å². The Morgan fingerprint density at radius 2 is 1.64 bits per heavy atom. The monoisotopic (exact) mass is 462 g/mol. The van der Waals surface area contributed by atoms with E-state index < -0.39 is 104 Å². The zero-order chi connectivity index (χ0) is 43.0. The van der Waals surface area contributed by atoms with Gasteiger partial charge in [-0.3, -0.25) is 0 Å². The Balaban J connectivity index is 2.50. The van der Waals surface area contributed by atoms with E-state index in [2.05, 4.69) is 0 Å². The first-order valence-electron chi connectivity index (χ1n) is 21.5. The number of pyridine rings is 1. The Labute approximate surface area is 232 Å². The maximum Gasteiger partial charge on any atom is 0.212 e. The minimum atomic E-state index is -4.50. The van der Waals surface area contributed by atoms with Crippen LogP contribution in [0, 0.1) is 13.8 Å². The predicted octanol–water partition coefficient (Wildman–Crippen LogP) is 8.11. The minimum absolute atomic E-state index is 0.309. The molecular formula is C32H42N+. The van der Waals surface area contributed by atoms with Crippen molar-refractivity contribution in [3.63, 3.8) is 0 Å². The first-order valence-corrected chi connectivity index (χ1v) is 10.5. The number of fused-ring (bicyclic) bond motifs is 1. The van der Waals surface area contributed by atoms with E-state index in [0.29, 0.717) is 16.8 Å². The highest BCUT2D eigenvalue weighted by molar-refractivity contribution is 5.76. The van der Waals surface area contributed by atoms with Gasteiger partial charge in [-0.05, 0) is 87.8 Å². The molecule has 0 atom stereocenters. The molecule has 4 rings (SSSR count). The fourth-order valence-electron chi connectivity index (χ4n) is 3.91. The minimum Gasteiger partial charge on any atom is -0.201 e. The van der Waals surface area contributed by atoms with E-state index in [-0.39, 0.29) is 5.41 Å². The van der Waals surface area contributed by atoms with Crippen LogP contribution in [0.1, 0.15) is 119 Å². The van der Waals surface area contributed by atoms with Gasteiger partial charge in [-0.2, -0.15) is 0 Å². The lowest BCUT2D eigenvalue weighted by Crippen LogP contribution is -2.33. The molecule has 0 amide bonds. The summed E-state index contributed by atoms with van der Waals surface area (Å²) in [4.78, 5) is 0. The van der Waals surface area contributed by atoms with E-state index in [1.54, 1.807) is 30.8 Å². The van der Waals surface area contributed by atoms with Gasteiger partial charge in [-0.1, -0.05) is 72.4 Å². The van der Waals surface area contributed by atoms with E-state index in [4.69, 9.17) is 26.0 Å². The average Bonchev–Trinajstić information content (AvgIpc) is 2.93. The molecule has 33 heavy (non-hydrogen) atoms. The van der Waals surface area contributed by atoms with Crippen LogP contribution in [0.2, 0.25) is 0 Å². The van der Waals surface area contributed by atoms with Crippen LogP contribution in [0.15, 0.2) is 48.6 Å². The molecule has 0 radical (unpaired) electrons. The third-order valence-electron chi connectivity index (χ3n) is 5.93. The van der Waals surface area contributed by atoms with Crippen LogP contribution in [0.3, 0.4) is 0 Å². The molecule has 0 saturated heterocycles. The van der Waals surface area contributed by atoms with Crippen LogP contribution in [0.5, 0.6) is 0 Å². The third-order valence-corrected chi connectivity index (χ3v) is 5.93. The molecule has 174 valence electrons. The van der Waals surface area contributed by atoms with Gasteiger partial charge in [0.2, 0.25) is 5.69 Å². The second-order valence-electron chi connectivity index (χ2n) is 9.62. The molecule has 0 spiro atoms. The molecule has 0 fully saturated rings. The zero-order valence-electron chi connectivity index (χ0n) is 41.3. The second-order valence-corrected chi connectivity index (χ2v) is 9.62. The SMILES string of the molecule is [2H]c1c([2H])c2c(c([2H])c1-c1cc(-c3cc(C(C)(C)C)cc[n+]3C)c(C)cc1C([2H])([2H])[2H])C(C([2H])([2H])[2H])(C([2H])([2H])[2H])C([2H])([2H])C([2H])([2H])C2(C([2H])([2H])[2H])C([2H])([2H])[2H]. The normalized spacial score (nSPS) is 31.8. The summed E-state index contributed by atoms with van der Waals surface area (Å²) in [5.74, 6) is 0. The van der Waals surface area contributed by atoms with Crippen molar-refractivity contribution < 1.29 is 34.7 Å². The molecule has 1 aliphatic rings. The number of hydrogen-bond donors (Lipinski definition) is 0. The van der Waals surface area contributed by atoms with Crippen LogP contribution in [-0.2, 0) is 23.3 Å². The van der Waals surface area contributed by atoms with Crippen molar-refractivity contribution in [2.45, 2.75) is 90.9 Å². The third kappa shape index (κ3) is 4.27. The summed E-state index contributed by atoms with van der Waals surface area (Å²) in [6, 6.07) is 1.89. The molecule has 0 aliphatic heterocycles. The number of aromatic nitrogens is 1. The highest BCUT2D eigenvalue weighted by Crippen LogP contribution is 2.47. The second kappa shape index (κ2) is 7.83. The summed E-state index contributed by atoms with van der Waals surface area (Å²) >= 11 is 0. The molecule has 0 N–H and O–H groups in total. The Bertz CT molecular complexity index is 2010. The maximum absolute atomic E-state index is 9.55. The summed E-state index contributed by atoms with van der Waals surface area (Å²) in [6.07, 6.45) is -7.24. The topological polar surface area (TPSA) is 3.88 Å². The Morgan fingerprint density at radius 1 is 0.939 bits per heavy atom. The molecule has 0 bridgehead atoms. The molecule has 0 saturated carbocycles. The molecule has 1 aliphatic carbocycles. The first-order chi connectivity index (χ1) is 24.2. The van der Waals surface area contributed by atoms with Crippen molar-refractivity contribution in [3.8, 4) is 22.4 Å². The van der Waals surface area contributed by atoms with Crippen LogP contribution in [0.25, 0.3) is 22.4 Å². The Morgan fingerprint density at radius 3 is 2.27 bits per heavy atom. The van der Waals surface area contributed by atoms with Crippen molar-refractivity contribution in [2.75, 3.05) is 0 Å². The zero-order valence-corrected chi connectivity index (χ0v) is 19.3. The van der Waals surface area contributed by atoms with Crippen molar-refractivity contribution >= 4 is 0 Å². The van der Waals surface area contributed by atoms with E-state index >= 15 is 0 Å². The standard InChI is InChI=1S/C32H42N/c1-21-17-22(2)26(29-19-24(30(3,4)5)13-16-33(29)10)20-25(21)23-11-12-27-28(18-23)32(8,9)15-14-31(27,6)7/h11-13,16-20H,14-15H2,1-10H3/q+1/i1D3,6D3,7D3,8D3,9D3,11D,12D,14D2,15D2,18D. The molecular weight excluding hydrogens is 398 g/mol. The summed E-state index contributed by atoms with van der Waals surface area (Å²) in [5.41, 5.74) is -12.2. The largest absolute Gasteiger partial charge is 0.212 e. The summed E-state index contributed by atoms with van der Waals surface area (Å²) in [6.45, 7) is -12.5. The molecule has 1 heterocycles. The van der Waals surface area contributed by atoms with Crippen molar-refractivity contribution in [2.24, 2.45) is 7.05 Å². The highest BCUT2D eigenvalue weighted by atomic mass is 14.9. The van der Waals surface area contributed by atoms with E-state index in [0.717, 1.165) is 5.56 Å². The lowest BCUT2D eigenvalue weighted by atomic mass is 9.63. The quantitative estimate of drug-likeness (QED) is 0.339.